The average molecular weight is 904 g/mol. The van der Waals surface area contributed by atoms with Crippen molar-refractivity contribution in [1.82, 2.24) is 0 Å². The van der Waals surface area contributed by atoms with Crippen LogP contribution in [-0.2, 0) is 16.2 Å². The molecule has 4 N–H and O–H groups in total. The first kappa shape index (κ1) is 32.1. The Morgan fingerprint density at radius 2 is 0.759 bits per heavy atom. The van der Waals surface area contributed by atoms with Gasteiger partial charge in [0.05, 0.1) is 0 Å². The summed E-state index contributed by atoms with van der Waals surface area (Å²) < 4.78 is 0. The van der Waals surface area contributed by atoms with E-state index < -0.39 is 0 Å². The van der Waals surface area contributed by atoms with Crippen LogP contribution in [-0.4, -0.2) is 20.4 Å². The van der Waals surface area contributed by atoms with E-state index in [0.29, 0.717) is 0 Å². The number of rotatable bonds is 0. The molecule has 4 nitrogen and oxygen atoms in total. The zero-order chi connectivity index (χ0) is 18.4. The molecule has 2 aromatic carbocycles. The molecule has 1 spiro atoms. The van der Waals surface area contributed by atoms with Crippen LogP contribution in [0.1, 0.15) is 62.8 Å². The molecule has 0 saturated carbocycles. The zero-order valence-electron chi connectivity index (χ0n) is 17.3. The summed E-state index contributed by atoms with van der Waals surface area (Å²) in [5.41, 5.74) is 3.36. The molecule has 2 aliphatic carbocycles. The fraction of sp³-hybridized carbons (Fsp3) is 0.429. The van der Waals surface area contributed by atoms with Crippen LogP contribution in [0.2, 0.25) is 0 Å². The number of fused-ring (bicyclic) bond motifs is 4. The molecule has 4 rings (SSSR count). The molecule has 0 aromatic heterocycles. The average Bonchev–Trinajstić information content (AvgIpc) is 2.82. The van der Waals surface area contributed by atoms with Gasteiger partial charge in [-0.2, -0.15) is 0 Å². The van der Waals surface area contributed by atoms with E-state index in [1.165, 1.54) is 0 Å². The van der Waals surface area contributed by atoms with Gasteiger partial charge in [0.15, 0.2) is 23.0 Å². The first-order valence-electron chi connectivity index (χ1n) is 8.62. The van der Waals surface area contributed by atoms with E-state index in [1.807, 2.05) is 0 Å². The maximum atomic E-state index is 10.1. The molecule has 2 aromatic rings. The summed E-state index contributed by atoms with van der Waals surface area (Å²) in [5, 5.41) is 40.3. The standard InChI is InChI=1S/C21H24O4.4Pr/c1-19(2)9-21(13-7-17(24)15(22)5-11(13)19)10-20(3,4)12-6-16(23)18(25)8-14(12)21;;;;/h5-8,22-25H,9-10H2,1-4H3;;;;. The van der Waals surface area contributed by atoms with Gasteiger partial charge >= 0.3 is 0 Å². The van der Waals surface area contributed by atoms with Crippen LogP contribution in [0, 0.1) is 165 Å². The minimum atomic E-state index is -0.353. The summed E-state index contributed by atoms with van der Waals surface area (Å²) in [7, 11) is 0. The van der Waals surface area contributed by atoms with Gasteiger partial charge in [-0.3, -0.25) is 0 Å². The van der Waals surface area contributed by atoms with E-state index in [9.17, 15) is 20.4 Å². The second kappa shape index (κ2) is 10.8. The minimum absolute atomic E-state index is 0. The zero-order valence-corrected chi connectivity index (χ0v) is 32.1. The molecule has 0 unspecified atom stereocenters. The monoisotopic (exact) mass is 904 g/mol. The quantitative estimate of drug-likeness (QED) is 0.300. The summed E-state index contributed by atoms with van der Waals surface area (Å²) >= 11 is 0. The van der Waals surface area contributed by atoms with Gasteiger partial charge in [0.2, 0.25) is 0 Å². The van der Waals surface area contributed by atoms with Crippen molar-refractivity contribution in [2.75, 3.05) is 0 Å². The van der Waals surface area contributed by atoms with Gasteiger partial charge in [-0.15, -0.1) is 0 Å². The molecule has 0 amide bonds. The summed E-state index contributed by atoms with van der Waals surface area (Å²) in [4.78, 5) is 0. The van der Waals surface area contributed by atoms with Crippen molar-refractivity contribution in [2.24, 2.45) is 0 Å². The minimum Gasteiger partial charge on any atom is -0.504 e. The Hall–Kier alpha value is 3.09. The number of benzene rings is 2. The van der Waals surface area contributed by atoms with Crippen molar-refractivity contribution in [3.63, 3.8) is 0 Å². The van der Waals surface area contributed by atoms with Crippen LogP contribution in [0.4, 0.5) is 0 Å². The Morgan fingerprint density at radius 1 is 0.517 bits per heavy atom. The van der Waals surface area contributed by atoms with Gasteiger partial charge < -0.3 is 20.4 Å². The summed E-state index contributed by atoms with van der Waals surface area (Å²) in [5.74, 6) is -0.444. The molecule has 144 valence electrons. The van der Waals surface area contributed by atoms with Crippen molar-refractivity contribution in [3.05, 3.63) is 46.5 Å². The van der Waals surface area contributed by atoms with Crippen LogP contribution in [0.5, 0.6) is 23.0 Å². The third kappa shape index (κ3) is 5.21. The van der Waals surface area contributed by atoms with Crippen LogP contribution in [0.25, 0.3) is 0 Å². The predicted molar refractivity (Wildman–Crippen MR) is 95.6 cm³/mol. The second-order valence-corrected chi connectivity index (χ2v) is 8.98. The Bertz CT molecular complexity index is 850. The van der Waals surface area contributed by atoms with Crippen LogP contribution in [0.3, 0.4) is 0 Å². The van der Waals surface area contributed by atoms with Gasteiger partial charge in [0.1, 0.15) is 0 Å². The molecule has 8 heteroatoms. The first-order valence-corrected chi connectivity index (χ1v) is 8.62. The van der Waals surface area contributed by atoms with Crippen molar-refractivity contribution >= 4 is 0 Å². The SMILES string of the molecule is CC1(C)CC2(CC(C)(C)c3cc(O)c(O)cc32)c2cc(O)c(O)cc21.[Pr].[Pr].[Pr].[Pr]. The largest absolute Gasteiger partial charge is 0.504 e. The number of hydrogen-bond donors (Lipinski definition) is 4. The molecule has 0 aliphatic heterocycles. The van der Waals surface area contributed by atoms with Crippen LogP contribution >= 0.6 is 0 Å². The van der Waals surface area contributed by atoms with E-state index >= 15 is 0 Å². The van der Waals surface area contributed by atoms with E-state index in [0.717, 1.165) is 35.1 Å². The van der Waals surface area contributed by atoms with E-state index in [2.05, 4.69) is 27.7 Å². The summed E-state index contributed by atoms with van der Waals surface area (Å²) in [6.07, 6.45) is 1.64. The third-order valence-electron chi connectivity index (χ3n) is 6.21. The van der Waals surface area contributed by atoms with Gasteiger partial charge in [-0.05, 0) is 70.2 Å². The topological polar surface area (TPSA) is 80.9 Å². The molecule has 0 atom stereocenters. The maximum absolute atomic E-state index is 10.1. The summed E-state index contributed by atoms with van der Waals surface area (Å²) in [6.45, 7) is 8.56. The second-order valence-electron chi connectivity index (χ2n) is 8.98. The molecule has 4 radical (unpaired) electrons. The molecular weight excluding hydrogens is 880 g/mol. The van der Waals surface area contributed by atoms with Gasteiger partial charge in [-0.1, -0.05) is 27.7 Å². The molecular formula is C21H24O4Pr4. The van der Waals surface area contributed by atoms with Crippen molar-refractivity contribution in [2.45, 2.75) is 56.8 Å². The van der Waals surface area contributed by atoms with Gasteiger partial charge in [0, 0.05) is 171 Å². The number of hydrogen-bond acceptors (Lipinski definition) is 4. The van der Waals surface area contributed by atoms with Crippen LogP contribution in [0.15, 0.2) is 24.3 Å². The fourth-order valence-electron chi connectivity index (χ4n) is 5.35. The Kier molecular flexibility index (Phi) is 11.9. The van der Waals surface area contributed by atoms with Crippen molar-refractivity contribution in [3.8, 4) is 23.0 Å². The molecule has 0 bridgehead atoms. The van der Waals surface area contributed by atoms with E-state index in [4.69, 9.17) is 0 Å². The van der Waals surface area contributed by atoms with E-state index in [1.54, 1.807) is 24.3 Å². The van der Waals surface area contributed by atoms with Crippen molar-refractivity contribution in [1.29, 1.82) is 0 Å². The number of aromatic hydroxyl groups is 4. The van der Waals surface area contributed by atoms with Gasteiger partial charge in [0.25, 0.3) is 0 Å². The normalized spacial score (nSPS) is 18.3. The van der Waals surface area contributed by atoms with Crippen LogP contribution < -0.4 is 0 Å². The number of phenols is 4. The smallest absolute Gasteiger partial charge is 0.157 e. The Labute approximate surface area is 305 Å². The first-order chi connectivity index (χ1) is 11.5. The maximum Gasteiger partial charge on any atom is 0.157 e. The molecule has 0 heterocycles. The molecule has 0 fully saturated rings. The molecule has 0 saturated heterocycles. The van der Waals surface area contributed by atoms with Gasteiger partial charge in [-0.25, -0.2) is 0 Å². The Morgan fingerprint density at radius 3 is 1.03 bits per heavy atom. The van der Waals surface area contributed by atoms with Crippen molar-refractivity contribution < 1.29 is 186 Å². The Balaban J connectivity index is 0.00000196. The van der Waals surface area contributed by atoms with E-state index in [-0.39, 0.29) is 204 Å². The fourth-order valence-corrected chi connectivity index (χ4v) is 5.35. The molecule has 2 aliphatic rings. The number of phenolic OH excluding ortho intramolecular Hbond substituents is 4. The predicted octanol–water partition coefficient (Wildman–Crippen LogP) is 4.16. The molecule has 29 heavy (non-hydrogen) atoms. The summed E-state index contributed by atoms with van der Waals surface area (Å²) in [6, 6.07) is 6.69. The third-order valence-corrected chi connectivity index (χ3v) is 6.21.